The highest BCUT2D eigenvalue weighted by Gasteiger charge is 2.23. The standard InChI is InChI=1S/C23H27N3O4S/c1-5-30-21-12-17(8-11-20(21)29-4)19-14-31-23(28)26(25-19)13-16-6-9-18(10-7-16)24-22(27)15(2)3/h6-12,15H,5,13-14H2,1-4H3,(H,24,27). The number of amides is 2. The van der Waals surface area contributed by atoms with E-state index in [1.54, 1.807) is 7.11 Å². The van der Waals surface area contributed by atoms with E-state index in [4.69, 9.17) is 9.47 Å². The topological polar surface area (TPSA) is 80.2 Å². The molecule has 3 rings (SSSR count). The van der Waals surface area contributed by atoms with Gasteiger partial charge in [-0.3, -0.25) is 9.59 Å². The van der Waals surface area contributed by atoms with Crippen molar-refractivity contribution in [2.45, 2.75) is 27.3 Å². The Hall–Kier alpha value is -3.00. The summed E-state index contributed by atoms with van der Waals surface area (Å²) < 4.78 is 11.0. The number of ether oxygens (including phenoxy) is 2. The molecule has 0 aromatic heterocycles. The Morgan fingerprint density at radius 2 is 1.94 bits per heavy atom. The maximum absolute atomic E-state index is 12.4. The number of rotatable bonds is 8. The number of benzene rings is 2. The van der Waals surface area contributed by atoms with Crippen molar-refractivity contribution in [2.24, 2.45) is 11.0 Å². The van der Waals surface area contributed by atoms with Gasteiger partial charge in [0.25, 0.3) is 0 Å². The second-order valence-corrected chi connectivity index (χ2v) is 8.23. The molecule has 0 fully saturated rings. The molecule has 2 amide bonds. The fourth-order valence-electron chi connectivity index (χ4n) is 2.94. The van der Waals surface area contributed by atoms with E-state index in [0.717, 1.165) is 22.5 Å². The van der Waals surface area contributed by atoms with Gasteiger partial charge in [0.15, 0.2) is 11.5 Å². The Kier molecular flexibility index (Phi) is 7.57. The zero-order valence-corrected chi connectivity index (χ0v) is 19.0. The minimum atomic E-state index is -0.0977. The summed E-state index contributed by atoms with van der Waals surface area (Å²) in [5, 5.41) is 8.82. The average Bonchev–Trinajstić information content (AvgIpc) is 2.76. The molecule has 7 nitrogen and oxygen atoms in total. The third-order valence-electron chi connectivity index (χ3n) is 4.66. The molecule has 0 radical (unpaired) electrons. The molecular weight excluding hydrogens is 414 g/mol. The van der Waals surface area contributed by atoms with Gasteiger partial charge in [-0.05, 0) is 42.8 Å². The first-order valence-corrected chi connectivity index (χ1v) is 11.1. The van der Waals surface area contributed by atoms with Crippen LogP contribution in [0.5, 0.6) is 11.5 Å². The first kappa shape index (κ1) is 22.7. The first-order valence-electron chi connectivity index (χ1n) is 10.1. The SMILES string of the molecule is CCOc1cc(C2=NN(Cc3ccc(NC(=O)C(C)C)cc3)C(=O)SC2)ccc1OC. The monoisotopic (exact) mass is 441 g/mol. The highest BCUT2D eigenvalue weighted by Crippen LogP contribution is 2.30. The zero-order chi connectivity index (χ0) is 22.4. The van der Waals surface area contributed by atoms with Crippen LogP contribution >= 0.6 is 11.8 Å². The lowest BCUT2D eigenvalue weighted by Crippen LogP contribution is -2.29. The summed E-state index contributed by atoms with van der Waals surface area (Å²) in [6.45, 7) is 6.49. The largest absolute Gasteiger partial charge is 0.493 e. The number of methoxy groups -OCH3 is 1. The van der Waals surface area contributed by atoms with Crippen molar-refractivity contribution in [3.63, 3.8) is 0 Å². The van der Waals surface area contributed by atoms with E-state index in [9.17, 15) is 9.59 Å². The Bertz CT molecular complexity index is 973. The van der Waals surface area contributed by atoms with Crippen molar-refractivity contribution in [2.75, 3.05) is 24.8 Å². The predicted octanol–water partition coefficient (Wildman–Crippen LogP) is 4.76. The van der Waals surface area contributed by atoms with Crippen LogP contribution in [0.2, 0.25) is 0 Å². The molecule has 1 aliphatic rings. The summed E-state index contributed by atoms with van der Waals surface area (Å²) in [7, 11) is 1.60. The summed E-state index contributed by atoms with van der Waals surface area (Å²) in [6, 6.07) is 13.1. The van der Waals surface area contributed by atoms with Crippen LogP contribution in [-0.2, 0) is 11.3 Å². The van der Waals surface area contributed by atoms with E-state index in [2.05, 4.69) is 10.4 Å². The highest BCUT2D eigenvalue weighted by atomic mass is 32.2. The van der Waals surface area contributed by atoms with E-state index in [1.807, 2.05) is 63.2 Å². The minimum Gasteiger partial charge on any atom is -0.493 e. The molecule has 0 saturated carbocycles. The number of thioether (sulfide) groups is 1. The third kappa shape index (κ3) is 5.79. The van der Waals surface area contributed by atoms with E-state index in [-0.39, 0.29) is 17.1 Å². The van der Waals surface area contributed by atoms with Gasteiger partial charge in [-0.15, -0.1) is 0 Å². The van der Waals surface area contributed by atoms with Crippen molar-refractivity contribution < 1.29 is 19.1 Å². The van der Waals surface area contributed by atoms with Crippen molar-refractivity contribution >= 4 is 34.3 Å². The molecule has 0 aliphatic carbocycles. The summed E-state index contributed by atoms with van der Waals surface area (Å²) in [5.41, 5.74) is 3.34. The van der Waals surface area contributed by atoms with Gasteiger partial charge < -0.3 is 14.8 Å². The molecule has 164 valence electrons. The summed E-state index contributed by atoms with van der Waals surface area (Å²) in [5.74, 6) is 1.69. The quantitative estimate of drug-likeness (QED) is 0.639. The molecule has 0 spiro atoms. The summed E-state index contributed by atoms with van der Waals surface area (Å²) in [4.78, 5) is 24.2. The molecule has 0 atom stereocenters. The molecule has 31 heavy (non-hydrogen) atoms. The molecule has 1 N–H and O–H groups in total. The molecule has 2 aromatic rings. The predicted molar refractivity (Wildman–Crippen MR) is 124 cm³/mol. The number of anilines is 1. The Morgan fingerprint density at radius 1 is 1.19 bits per heavy atom. The van der Waals surface area contributed by atoms with Crippen LogP contribution in [0.1, 0.15) is 31.9 Å². The maximum Gasteiger partial charge on any atom is 0.302 e. The number of nitrogens with zero attached hydrogens (tertiary/aromatic N) is 2. The van der Waals surface area contributed by atoms with Crippen LogP contribution < -0.4 is 14.8 Å². The number of carbonyl (C=O) groups is 2. The van der Waals surface area contributed by atoms with Crippen LogP contribution in [0.15, 0.2) is 47.6 Å². The Labute approximate surface area is 186 Å². The average molecular weight is 442 g/mol. The zero-order valence-electron chi connectivity index (χ0n) is 18.2. The van der Waals surface area contributed by atoms with Gasteiger partial charge in [0.1, 0.15) is 0 Å². The molecule has 0 bridgehead atoms. The van der Waals surface area contributed by atoms with Gasteiger partial charge in [0.05, 0.1) is 26.0 Å². The second kappa shape index (κ2) is 10.3. The van der Waals surface area contributed by atoms with Crippen LogP contribution in [0, 0.1) is 5.92 Å². The van der Waals surface area contributed by atoms with Crippen molar-refractivity contribution in [1.29, 1.82) is 0 Å². The maximum atomic E-state index is 12.4. The Balaban J connectivity index is 1.76. The highest BCUT2D eigenvalue weighted by molar-refractivity contribution is 8.14. The molecule has 2 aromatic carbocycles. The van der Waals surface area contributed by atoms with Crippen LogP contribution in [-0.4, -0.2) is 41.3 Å². The van der Waals surface area contributed by atoms with Gasteiger partial charge in [-0.1, -0.05) is 37.7 Å². The number of hydrogen-bond donors (Lipinski definition) is 1. The number of hydrazone groups is 1. The molecular formula is C23H27N3O4S. The van der Waals surface area contributed by atoms with Crippen LogP contribution in [0.4, 0.5) is 10.5 Å². The molecule has 0 unspecified atom stereocenters. The van der Waals surface area contributed by atoms with Gasteiger partial charge in [0.2, 0.25) is 5.91 Å². The van der Waals surface area contributed by atoms with E-state index >= 15 is 0 Å². The molecule has 8 heteroatoms. The molecule has 1 aliphatic heterocycles. The summed E-state index contributed by atoms with van der Waals surface area (Å²) >= 11 is 1.22. The number of carbonyl (C=O) groups excluding carboxylic acids is 2. The van der Waals surface area contributed by atoms with E-state index < -0.39 is 0 Å². The minimum absolute atomic E-state index is 0.0319. The van der Waals surface area contributed by atoms with Gasteiger partial charge in [-0.2, -0.15) is 5.10 Å². The van der Waals surface area contributed by atoms with E-state index in [1.165, 1.54) is 16.8 Å². The van der Waals surface area contributed by atoms with Crippen LogP contribution in [0.3, 0.4) is 0 Å². The third-order valence-corrected chi connectivity index (χ3v) is 5.53. The van der Waals surface area contributed by atoms with Crippen molar-refractivity contribution in [3.8, 4) is 11.5 Å². The molecule has 1 heterocycles. The molecule has 0 saturated heterocycles. The van der Waals surface area contributed by atoms with Gasteiger partial charge >= 0.3 is 5.24 Å². The smallest absolute Gasteiger partial charge is 0.302 e. The second-order valence-electron chi connectivity index (χ2n) is 7.30. The normalized spacial score (nSPS) is 13.8. The fraction of sp³-hybridized carbons (Fsp3) is 0.348. The number of nitrogens with one attached hydrogen (secondary N) is 1. The fourth-order valence-corrected chi connectivity index (χ4v) is 3.68. The number of hydrogen-bond acceptors (Lipinski definition) is 6. The van der Waals surface area contributed by atoms with E-state index in [0.29, 0.717) is 30.4 Å². The lowest BCUT2D eigenvalue weighted by atomic mass is 10.1. The first-order chi connectivity index (χ1) is 14.9. The van der Waals surface area contributed by atoms with Gasteiger partial charge in [0, 0.05) is 22.9 Å². The lowest BCUT2D eigenvalue weighted by molar-refractivity contribution is -0.118. The van der Waals surface area contributed by atoms with Crippen LogP contribution in [0.25, 0.3) is 0 Å². The van der Waals surface area contributed by atoms with Gasteiger partial charge in [-0.25, -0.2) is 5.01 Å². The summed E-state index contributed by atoms with van der Waals surface area (Å²) in [6.07, 6.45) is 0. The Morgan fingerprint density at radius 3 is 2.58 bits per heavy atom. The van der Waals surface area contributed by atoms with Crippen molar-refractivity contribution in [1.82, 2.24) is 5.01 Å². The lowest BCUT2D eigenvalue weighted by Gasteiger charge is -2.23. The van der Waals surface area contributed by atoms with Crippen molar-refractivity contribution in [3.05, 3.63) is 53.6 Å².